The molecule has 0 atom stereocenters. The van der Waals surface area contributed by atoms with Crippen molar-refractivity contribution in [1.29, 1.82) is 5.39 Å². The van der Waals surface area contributed by atoms with Crippen LogP contribution >= 0.6 is 162 Å². The lowest BCUT2D eigenvalue weighted by Gasteiger charge is -2.28. The minimum atomic E-state index is -0.174. The number of diazo groups is 1. The average Bonchev–Trinajstić information content (AvgIpc) is 3.00. The first-order chi connectivity index (χ1) is 20.1. The molecule has 0 amide bonds. The van der Waals surface area contributed by atoms with Crippen LogP contribution in [0.2, 0.25) is 70.3 Å². The van der Waals surface area contributed by atoms with Crippen molar-refractivity contribution in [3.05, 3.63) is 133 Å². The second-order valence-corrected chi connectivity index (χ2v) is 13.6. The molecule has 221 valence electrons. The highest BCUT2D eigenvalue weighted by atomic mass is 35.5. The molecule has 0 aromatic heterocycles. The third-order valence-electron chi connectivity index (χ3n) is 5.92. The van der Waals surface area contributed by atoms with Crippen LogP contribution in [0.15, 0.2) is 24.3 Å². The largest absolute Gasteiger partial charge is 0.385 e. The lowest BCUT2D eigenvalue weighted by molar-refractivity contribution is 1.23. The van der Waals surface area contributed by atoms with Crippen molar-refractivity contribution < 1.29 is 0 Å². The molecular weight excluding hydrogens is 849 g/mol. The summed E-state index contributed by atoms with van der Waals surface area (Å²) in [6.45, 7) is 0. The maximum Gasteiger partial charge on any atom is 0.385 e. The van der Waals surface area contributed by atoms with Gasteiger partial charge >= 0.3 is 5.69 Å². The predicted molar refractivity (Wildman–Crippen MR) is 190 cm³/mol. The molecule has 0 heterocycles. The molecule has 4 rings (SSSR count). The lowest BCUT2D eigenvalue weighted by atomic mass is 9.84. The van der Waals surface area contributed by atoms with Crippen LogP contribution in [0.5, 0.6) is 0 Å². The minimum Gasteiger partial charge on any atom is -0.0823 e. The van der Waals surface area contributed by atoms with Gasteiger partial charge in [-0.05, 0) is 17.7 Å². The molecule has 0 aliphatic carbocycles. The number of benzene rings is 4. The zero-order valence-electron chi connectivity index (χ0n) is 20.2. The Labute approximate surface area is 315 Å². The second kappa shape index (κ2) is 14.5. The van der Waals surface area contributed by atoms with E-state index in [1.807, 2.05) is 0 Å². The highest BCUT2D eigenvalue weighted by Crippen LogP contribution is 2.57. The van der Waals surface area contributed by atoms with Crippen molar-refractivity contribution in [2.75, 3.05) is 0 Å². The Hall–Kier alpha value is 0.100. The van der Waals surface area contributed by atoms with Crippen molar-refractivity contribution in [1.82, 2.24) is 0 Å². The Morgan fingerprint density at radius 2 is 0.721 bits per heavy atom. The van der Waals surface area contributed by atoms with Crippen LogP contribution in [0, 0.1) is 11.3 Å². The summed E-state index contributed by atoms with van der Waals surface area (Å²) in [5, 5.41) is 7.04. The molecule has 0 bridgehead atoms. The Balaban J connectivity index is 2.11. The van der Waals surface area contributed by atoms with Gasteiger partial charge in [-0.3, -0.25) is 0 Å². The van der Waals surface area contributed by atoms with E-state index in [-0.39, 0.29) is 98.5 Å². The summed E-state index contributed by atoms with van der Waals surface area (Å²) in [4.78, 5) is 3.12. The summed E-state index contributed by atoms with van der Waals surface area (Å²) in [6.07, 6.45) is 3.27. The summed E-state index contributed by atoms with van der Waals surface area (Å²) in [5.41, 5.74) is 1.22. The van der Waals surface area contributed by atoms with Gasteiger partial charge in [0.25, 0.3) is 0 Å². The molecule has 4 aromatic carbocycles. The van der Waals surface area contributed by atoms with Gasteiger partial charge in [-0.25, -0.2) is 0 Å². The third-order valence-corrected chi connectivity index (χ3v) is 12.2. The molecule has 16 heteroatoms. The first-order valence-electron chi connectivity index (χ1n) is 11.1. The van der Waals surface area contributed by atoms with E-state index in [2.05, 4.69) is 4.98 Å². The van der Waals surface area contributed by atoms with E-state index in [4.69, 9.17) is 168 Å². The Kier molecular flexibility index (Phi) is 12.1. The van der Waals surface area contributed by atoms with Crippen molar-refractivity contribution in [3.63, 3.8) is 0 Å². The minimum absolute atomic E-state index is 0.0269. The van der Waals surface area contributed by atoms with E-state index in [1.165, 1.54) is 0 Å². The van der Waals surface area contributed by atoms with Gasteiger partial charge < -0.3 is 0 Å². The van der Waals surface area contributed by atoms with Gasteiger partial charge in [-0.15, -0.1) is 0 Å². The molecule has 0 N–H and O–H groups in total. The molecule has 4 aromatic rings. The van der Waals surface area contributed by atoms with Crippen molar-refractivity contribution in [2.24, 2.45) is 0 Å². The van der Waals surface area contributed by atoms with E-state index < -0.39 is 0 Å². The molecule has 0 spiro atoms. The molecule has 0 saturated carbocycles. The fourth-order valence-corrected chi connectivity index (χ4v) is 7.71. The molecule has 0 unspecified atom stereocenters. The van der Waals surface area contributed by atoms with Crippen LogP contribution in [0.3, 0.4) is 0 Å². The van der Waals surface area contributed by atoms with Gasteiger partial charge in [0.05, 0.1) is 76.2 Å². The molecule has 43 heavy (non-hydrogen) atoms. The van der Waals surface area contributed by atoms with Crippen LogP contribution in [0.4, 0.5) is 5.69 Å². The van der Waals surface area contributed by atoms with Gasteiger partial charge in [0.1, 0.15) is 0 Å². The highest BCUT2D eigenvalue weighted by molar-refractivity contribution is 6.57. The molecular formula is C27H6Cl14N2+. The van der Waals surface area contributed by atoms with Crippen molar-refractivity contribution in [2.45, 2.75) is 0 Å². The fourth-order valence-electron chi connectivity index (χ4n) is 3.87. The summed E-state index contributed by atoms with van der Waals surface area (Å²) in [5.74, 6) is -0.0383. The highest BCUT2D eigenvalue weighted by Gasteiger charge is 2.37. The van der Waals surface area contributed by atoms with E-state index in [0.29, 0.717) is 5.69 Å². The van der Waals surface area contributed by atoms with E-state index in [9.17, 15) is 0 Å². The first kappa shape index (κ1) is 35.9. The number of rotatable bonds is 5. The summed E-state index contributed by atoms with van der Waals surface area (Å²) < 4.78 is 0. The van der Waals surface area contributed by atoms with E-state index in [1.54, 1.807) is 36.4 Å². The van der Waals surface area contributed by atoms with Crippen molar-refractivity contribution >= 4 is 180 Å². The zero-order valence-corrected chi connectivity index (χ0v) is 30.7. The molecule has 0 aliphatic heterocycles. The number of nitrogens with zero attached hydrogens (tertiary/aromatic N) is 2. The second-order valence-electron chi connectivity index (χ2n) is 8.33. The van der Waals surface area contributed by atoms with Gasteiger partial charge in [0, 0.05) is 34.4 Å². The summed E-state index contributed by atoms with van der Waals surface area (Å²) in [7, 11) is 0. The van der Waals surface area contributed by atoms with Crippen LogP contribution in [0.25, 0.3) is 17.1 Å². The van der Waals surface area contributed by atoms with E-state index in [0.717, 1.165) is 5.56 Å². The molecule has 0 saturated heterocycles. The fraction of sp³-hybridized carbons (Fsp3) is 0. The Bertz CT molecular complexity index is 1720. The smallest absolute Gasteiger partial charge is 0.0823 e. The average molecular weight is 855 g/mol. The summed E-state index contributed by atoms with van der Waals surface area (Å²) in [6, 6.07) is 6.59. The number of halogens is 14. The van der Waals surface area contributed by atoms with Crippen LogP contribution in [-0.2, 0) is 0 Å². The topological polar surface area (TPSA) is 28.1 Å². The van der Waals surface area contributed by atoms with Gasteiger partial charge in [-0.1, -0.05) is 175 Å². The normalized spacial score (nSPS) is 11.6. The molecule has 0 aliphatic rings. The van der Waals surface area contributed by atoms with Gasteiger partial charge in [0.2, 0.25) is 5.39 Å². The molecule has 2 nitrogen and oxygen atoms in total. The molecule has 1 radical (unpaired) electrons. The lowest BCUT2D eigenvalue weighted by Crippen LogP contribution is -2.12. The Morgan fingerprint density at radius 3 is 1.05 bits per heavy atom. The predicted octanol–water partition coefficient (Wildman–Crippen LogP) is 16.5. The summed E-state index contributed by atoms with van der Waals surface area (Å²) >= 11 is 92.3. The van der Waals surface area contributed by atoms with E-state index >= 15 is 0 Å². The van der Waals surface area contributed by atoms with Crippen LogP contribution in [0.1, 0.15) is 27.8 Å². The van der Waals surface area contributed by atoms with Crippen LogP contribution < -0.4 is 0 Å². The van der Waals surface area contributed by atoms with Gasteiger partial charge in [-0.2, -0.15) is 0 Å². The first-order valence-corrected chi connectivity index (χ1v) is 16.3. The van der Waals surface area contributed by atoms with Crippen LogP contribution in [-0.4, -0.2) is 0 Å². The van der Waals surface area contributed by atoms with Gasteiger partial charge in [0.15, 0.2) is 4.98 Å². The Morgan fingerprint density at radius 1 is 0.419 bits per heavy atom. The number of hydrogen-bond donors (Lipinski definition) is 0. The third kappa shape index (κ3) is 6.62. The quantitative estimate of drug-likeness (QED) is 0.0646. The number of hydrogen-bond acceptors (Lipinski definition) is 1. The monoisotopic (exact) mass is 848 g/mol. The maximum absolute atomic E-state index is 8.93. The van der Waals surface area contributed by atoms with Crippen molar-refractivity contribution in [3.8, 4) is 0 Å². The zero-order chi connectivity index (χ0) is 32.1. The SMILES string of the molecule is N#[N+]c1ccc(/C=C/c2c(Cl)c(Cl)c([C](c3c(Cl)c(Cl)c(Cl)c(Cl)c3Cl)c3c(Cl)c(Cl)c(Cl)c(Cl)c3Cl)c(Cl)c2Cl)cc1. The molecule has 0 fully saturated rings. The maximum atomic E-state index is 8.93. The standard InChI is InChI=1S/C27H6Cl14N2/c28-14-9(6-3-7-1-4-8(43-42)5-2-7)15(29)17(31)11(16(14)30)10(12-18(32)22(36)26(40)23(37)19(12)33)13-20(34)24(38)27(41)25(39)21(13)35/h1-6H/q+1/b6-3+.